The van der Waals surface area contributed by atoms with Crippen molar-refractivity contribution in [1.82, 2.24) is 0 Å². The Bertz CT molecular complexity index is 788. The third kappa shape index (κ3) is 5.63. The highest BCUT2D eigenvalue weighted by molar-refractivity contribution is 5.41. The lowest BCUT2D eigenvalue weighted by molar-refractivity contribution is 0.246. The SMILES string of the molecule is CCCCC(Cc1ccccc1)(Cc1ccc(N)cc1)Cc1ccc(N)cc1. The molecule has 0 heterocycles. The van der Waals surface area contributed by atoms with Crippen LogP contribution in [0.1, 0.15) is 42.9 Å². The van der Waals surface area contributed by atoms with E-state index in [1.165, 1.54) is 36.0 Å². The molecular weight excluding hydrogens is 340 g/mol. The van der Waals surface area contributed by atoms with E-state index in [1.54, 1.807) is 0 Å². The van der Waals surface area contributed by atoms with E-state index in [9.17, 15) is 0 Å². The molecule has 0 unspecified atom stereocenters. The Kier molecular flexibility index (Phi) is 6.76. The third-order valence-electron chi connectivity index (χ3n) is 5.60. The molecule has 2 heteroatoms. The molecule has 146 valence electrons. The van der Waals surface area contributed by atoms with Crippen molar-refractivity contribution in [2.45, 2.75) is 45.4 Å². The fraction of sp³-hybridized carbons (Fsp3) is 0.308. The maximum Gasteiger partial charge on any atom is 0.0314 e. The van der Waals surface area contributed by atoms with Gasteiger partial charge in [-0.3, -0.25) is 0 Å². The molecule has 0 bridgehead atoms. The van der Waals surface area contributed by atoms with Crippen molar-refractivity contribution >= 4 is 11.4 Å². The number of unbranched alkanes of at least 4 members (excludes halogenated alkanes) is 1. The second-order valence-corrected chi connectivity index (χ2v) is 8.10. The molecule has 0 aliphatic rings. The summed E-state index contributed by atoms with van der Waals surface area (Å²) in [6.45, 7) is 2.28. The van der Waals surface area contributed by atoms with E-state index in [0.717, 1.165) is 30.6 Å². The summed E-state index contributed by atoms with van der Waals surface area (Å²) >= 11 is 0. The minimum Gasteiger partial charge on any atom is -0.399 e. The summed E-state index contributed by atoms with van der Waals surface area (Å²) in [5.41, 5.74) is 17.8. The van der Waals surface area contributed by atoms with E-state index in [1.807, 2.05) is 24.3 Å². The number of hydrogen-bond acceptors (Lipinski definition) is 2. The van der Waals surface area contributed by atoms with Crippen molar-refractivity contribution in [2.24, 2.45) is 5.41 Å². The standard InChI is InChI=1S/C26H32N2/c1-2-3-17-26(18-21-7-5-4-6-8-21,19-22-9-13-24(27)14-10-22)20-23-11-15-25(28)16-12-23/h4-16H,2-3,17-20,27-28H2,1H3. The smallest absolute Gasteiger partial charge is 0.0314 e. The van der Waals surface area contributed by atoms with Crippen LogP contribution in [0.4, 0.5) is 11.4 Å². The molecule has 0 saturated carbocycles. The summed E-state index contributed by atoms with van der Waals surface area (Å²) < 4.78 is 0. The fourth-order valence-electron chi connectivity index (χ4n) is 4.17. The summed E-state index contributed by atoms with van der Waals surface area (Å²) in [4.78, 5) is 0. The average Bonchev–Trinajstić information content (AvgIpc) is 2.71. The highest BCUT2D eigenvalue weighted by Gasteiger charge is 2.30. The van der Waals surface area contributed by atoms with Crippen LogP contribution >= 0.6 is 0 Å². The van der Waals surface area contributed by atoms with Crippen molar-refractivity contribution < 1.29 is 0 Å². The highest BCUT2D eigenvalue weighted by Crippen LogP contribution is 2.37. The Morgan fingerprint density at radius 1 is 0.607 bits per heavy atom. The van der Waals surface area contributed by atoms with Crippen LogP contribution in [0, 0.1) is 5.41 Å². The lowest BCUT2D eigenvalue weighted by atomic mass is 9.69. The lowest BCUT2D eigenvalue weighted by Crippen LogP contribution is -2.30. The summed E-state index contributed by atoms with van der Waals surface area (Å²) in [6.07, 6.45) is 6.81. The first-order valence-electron chi connectivity index (χ1n) is 10.3. The predicted octanol–water partition coefficient (Wildman–Crippen LogP) is 6.06. The van der Waals surface area contributed by atoms with Gasteiger partial charge in [0, 0.05) is 11.4 Å². The zero-order chi connectivity index (χ0) is 19.8. The zero-order valence-electron chi connectivity index (χ0n) is 16.9. The molecule has 4 N–H and O–H groups in total. The first-order valence-corrected chi connectivity index (χ1v) is 10.3. The van der Waals surface area contributed by atoms with Crippen LogP contribution in [0.25, 0.3) is 0 Å². The molecule has 0 aliphatic carbocycles. The minimum atomic E-state index is 0.170. The maximum atomic E-state index is 5.92. The van der Waals surface area contributed by atoms with E-state index in [2.05, 4.69) is 61.5 Å². The Hall–Kier alpha value is -2.74. The Labute approximate surface area is 169 Å². The third-order valence-corrected chi connectivity index (χ3v) is 5.60. The van der Waals surface area contributed by atoms with Gasteiger partial charge in [-0.15, -0.1) is 0 Å². The molecule has 2 nitrogen and oxygen atoms in total. The van der Waals surface area contributed by atoms with Gasteiger partial charge in [0.1, 0.15) is 0 Å². The van der Waals surface area contributed by atoms with E-state index < -0.39 is 0 Å². The quantitative estimate of drug-likeness (QED) is 0.449. The van der Waals surface area contributed by atoms with Crippen molar-refractivity contribution in [3.63, 3.8) is 0 Å². The Morgan fingerprint density at radius 3 is 1.46 bits per heavy atom. The van der Waals surface area contributed by atoms with Crippen LogP contribution in [0.5, 0.6) is 0 Å². The number of nitrogens with two attached hydrogens (primary N) is 2. The van der Waals surface area contributed by atoms with Crippen LogP contribution < -0.4 is 11.5 Å². The second-order valence-electron chi connectivity index (χ2n) is 8.10. The van der Waals surface area contributed by atoms with Crippen LogP contribution in [-0.2, 0) is 19.3 Å². The second kappa shape index (κ2) is 9.45. The molecule has 3 rings (SSSR count). The van der Waals surface area contributed by atoms with Gasteiger partial charge in [0.25, 0.3) is 0 Å². The van der Waals surface area contributed by atoms with Gasteiger partial charge in [-0.1, -0.05) is 74.4 Å². The molecular formula is C26H32N2. The Morgan fingerprint density at radius 2 is 1.04 bits per heavy atom. The molecule has 0 radical (unpaired) electrons. The molecule has 3 aromatic carbocycles. The molecule has 28 heavy (non-hydrogen) atoms. The first kappa shape index (κ1) is 20.0. The Balaban J connectivity index is 1.95. The van der Waals surface area contributed by atoms with E-state index >= 15 is 0 Å². The molecule has 0 amide bonds. The minimum absolute atomic E-state index is 0.170. The topological polar surface area (TPSA) is 52.0 Å². The number of benzene rings is 3. The van der Waals surface area contributed by atoms with Gasteiger partial charge >= 0.3 is 0 Å². The largest absolute Gasteiger partial charge is 0.399 e. The van der Waals surface area contributed by atoms with Gasteiger partial charge in [-0.2, -0.15) is 0 Å². The molecule has 0 spiro atoms. The van der Waals surface area contributed by atoms with Gasteiger partial charge < -0.3 is 11.5 Å². The molecule has 0 aromatic heterocycles. The number of hydrogen-bond donors (Lipinski definition) is 2. The van der Waals surface area contributed by atoms with Gasteiger partial charge in [-0.25, -0.2) is 0 Å². The normalized spacial score (nSPS) is 11.5. The molecule has 0 atom stereocenters. The summed E-state index contributed by atoms with van der Waals surface area (Å²) in [5, 5.41) is 0. The monoisotopic (exact) mass is 372 g/mol. The predicted molar refractivity (Wildman–Crippen MR) is 121 cm³/mol. The summed E-state index contributed by atoms with van der Waals surface area (Å²) in [6, 6.07) is 27.7. The van der Waals surface area contributed by atoms with Crippen LogP contribution in [0.3, 0.4) is 0 Å². The maximum absolute atomic E-state index is 5.92. The summed E-state index contributed by atoms with van der Waals surface area (Å²) in [7, 11) is 0. The van der Waals surface area contributed by atoms with Crippen molar-refractivity contribution in [3.05, 3.63) is 95.6 Å². The van der Waals surface area contributed by atoms with Gasteiger partial charge in [-0.05, 0) is 72.1 Å². The zero-order valence-corrected chi connectivity index (χ0v) is 16.9. The van der Waals surface area contributed by atoms with Gasteiger partial charge in [0.15, 0.2) is 0 Å². The van der Waals surface area contributed by atoms with Crippen LogP contribution in [-0.4, -0.2) is 0 Å². The van der Waals surface area contributed by atoms with Crippen molar-refractivity contribution in [3.8, 4) is 0 Å². The van der Waals surface area contributed by atoms with Gasteiger partial charge in [0.05, 0.1) is 0 Å². The highest BCUT2D eigenvalue weighted by atomic mass is 14.5. The first-order chi connectivity index (χ1) is 13.6. The number of nitrogen functional groups attached to an aromatic ring is 2. The van der Waals surface area contributed by atoms with E-state index in [-0.39, 0.29) is 5.41 Å². The van der Waals surface area contributed by atoms with E-state index in [4.69, 9.17) is 11.5 Å². The van der Waals surface area contributed by atoms with Crippen molar-refractivity contribution in [1.29, 1.82) is 0 Å². The van der Waals surface area contributed by atoms with Crippen molar-refractivity contribution in [2.75, 3.05) is 11.5 Å². The summed E-state index contributed by atoms with van der Waals surface area (Å²) in [5.74, 6) is 0. The molecule has 0 aliphatic heterocycles. The number of rotatable bonds is 9. The van der Waals surface area contributed by atoms with E-state index in [0.29, 0.717) is 0 Å². The molecule has 0 saturated heterocycles. The molecule has 3 aromatic rings. The fourth-order valence-corrected chi connectivity index (χ4v) is 4.17. The van der Waals surface area contributed by atoms with Crippen LogP contribution in [0.2, 0.25) is 0 Å². The van der Waals surface area contributed by atoms with Gasteiger partial charge in [0.2, 0.25) is 0 Å². The lowest BCUT2D eigenvalue weighted by Gasteiger charge is -2.35. The number of anilines is 2. The molecule has 0 fully saturated rings. The average molecular weight is 373 g/mol. The van der Waals surface area contributed by atoms with Crippen LogP contribution in [0.15, 0.2) is 78.9 Å².